The fraction of sp³-hybridized carbons (Fsp3) is 0.579. The van der Waals surface area contributed by atoms with Crippen molar-refractivity contribution in [1.29, 1.82) is 0 Å². The van der Waals surface area contributed by atoms with E-state index in [1.807, 2.05) is 6.26 Å². The molecule has 7 nitrogen and oxygen atoms in total. The Morgan fingerprint density at radius 1 is 1.28 bits per heavy atom. The first-order valence-corrected chi connectivity index (χ1v) is 13.2. The molecule has 1 amide bonds. The Labute approximate surface area is 179 Å². The number of hydrogen-bond donors (Lipinski definition) is 3. The Morgan fingerprint density at radius 2 is 1.97 bits per heavy atom. The lowest BCUT2D eigenvalue weighted by atomic mass is 9.90. The molecule has 3 N–H and O–H groups in total. The van der Waals surface area contributed by atoms with Gasteiger partial charge in [-0.2, -0.15) is 4.72 Å². The predicted octanol–water partition coefficient (Wildman–Crippen LogP) is 3.87. The number of rotatable bonds is 7. The van der Waals surface area contributed by atoms with E-state index in [-0.39, 0.29) is 10.8 Å². The van der Waals surface area contributed by atoms with Crippen LogP contribution in [-0.4, -0.2) is 36.8 Å². The van der Waals surface area contributed by atoms with Crippen LogP contribution in [0.15, 0.2) is 21.9 Å². The summed E-state index contributed by atoms with van der Waals surface area (Å²) >= 11 is 3.02. The zero-order valence-corrected chi connectivity index (χ0v) is 19.2. The molecule has 160 valence electrons. The number of hydrogen-bond acceptors (Lipinski definition) is 7. The van der Waals surface area contributed by atoms with Crippen LogP contribution >= 0.6 is 23.1 Å². The number of aromatic nitrogens is 1. The van der Waals surface area contributed by atoms with Crippen molar-refractivity contribution < 1.29 is 18.4 Å². The van der Waals surface area contributed by atoms with Gasteiger partial charge in [0.15, 0.2) is 0 Å². The second-order valence-electron chi connectivity index (χ2n) is 7.68. The average Bonchev–Trinajstić information content (AvgIpc) is 3.15. The number of carbonyl (C=O) groups is 1. The maximum absolute atomic E-state index is 13.0. The summed E-state index contributed by atoms with van der Waals surface area (Å²) in [6, 6.07) is 2.17. The van der Waals surface area contributed by atoms with Gasteiger partial charge in [-0.1, -0.05) is 33.1 Å². The van der Waals surface area contributed by atoms with Crippen molar-refractivity contribution in [3.8, 4) is 0 Å². The lowest BCUT2D eigenvalue weighted by molar-refractivity contribution is -0.131. The smallest absolute Gasteiger partial charge is 0.261 e. The molecule has 0 radical (unpaired) electrons. The number of nitrogens with zero attached hydrogens (tertiary/aromatic N) is 1. The van der Waals surface area contributed by atoms with Crippen molar-refractivity contribution in [2.24, 2.45) is 5.92 Å². The van der Waals surface area contributed by atoms with Gasteiger partial charge >= 0.3 is 0 Å². The van der Waals surface area contributed by atoms with Gasteiger partial charge in [0.25, 0.3) is 5.91 Å². The van der Waals surface area contributed by atoms with E-state index in [9.17, 15) is 13.2 Å². The number of benzene rings is 1. The van der Waals surface area contributed by atoms with E-state index < -0.39 is 22.0 Å². The second kappa shape index (κ2) is 9.30. The molecule has 1 aliphatic carbocycles. The Kier molecular flexibility index (Phi) is 7.21. The maximum Gasteiger partial charge on any atom is 0.261 e. The lowest BCUT2D eigenvalue weighted by Gasteiger charge is -2.20. The van der Waals surface area contributed by atoms with Crippen LogP contribution in [0.1, 0.15) is 56.9 Å². The molecule has 0 saturated heterocycles. The third-order valence-corrected chi connectivity index (χ3v) is 8.61. The third kappa shape index (κ3) is 4.93. The molecule has 2 aromatic rings. The highest BCUT2D eigenvalue weighted by molar-refractivity contribution is 7.98. The first-order valence-electron chi connectivity index (χ1n) is 9.71. The van der Waals surface area contributed by atoms with E-state index in [2.05, 4.69) is 4.72 Å². The highest BCUT2D eigenvalue weighted by Crippen LogP contribution is 2.40. The van der Waals surface area contributed by atoms with Gasteiger partial charge in [0.05, 0.1) is 20.1 Å². The molecule has 29 heavy (non-hydrogen) atoms. The highest BCUT2D eigenvalue weighted by atomic mass is 32.2. The number of sulfonamides is 1. The van der Waals surface area contributed by atoms with Crippen LogP contribution in [0.25, 0.3) is 10.2 Å². The van der Waals surface area contributed by atoms with Gasteiger partial charge in [-0.25, -0.2) is 18.9 Å². The van der Waals surface area contributed by atoms with Crippen LogP contribution in [0.2, 0.25) is 0 Å². The Bertz CT molecular complexity index is 982. The molecule has 1 atom stereocenters. The minimum Gasteiger partial charge on any atom is -0.289 e. The molecule has 10 heteroatoms. The third-order valence-electron chi connectivity index (χ3n) is 5.28. The summed E-state index contributed by atoms with van der Waals surface area (Å²) in [4.78, 5) is 17.6. The Morgan fingerprint density at radius 3 is 2.55 bits per heavy atom. The second-order valence-corrected chi connectivity index (χ2v) is 11.3. The summed E-state index contributed by atoms with van der Waals surface area (Å²) in [7, 11) is -3.96. The molecule has 1 fully saturated rings. The highest BCUT2D eigenvalue weighted by Gasteiger charge is 2.29. The molecule has 1 aliphatic rings. The fourth-order valence-electron chi connectivity index (χ4n) is 3.62. The monoisotopic (exact) mass is 457 g/mol. The van der Waals surface area contributed by atoms with E-state index in [1.54, 1.807) is 37.3 Å². The van der Waals surface area contributed by atoms with Crippen molar-refractivity contribution in [2.45, 2.75) is 67.7 Å². The van der Waals surface area contributed by atoms with Crippen LogP contribution in [0.3, 0.4) is 0 Å². The molecule has 0 aliphatic heterocycles. The Balaban J connectivity index is 1.99. The minimum atomic E-state index is -3.96. The van der Waals surface area contributed by atoms with Crippen molar-refractivity contribution in [3.63, 3.8) is 0 Å². The number of nitrogens with one attached hydrogen (secondary N) is 2. The van der Waals surface area contributed by atoms with Gasteiger partial charge in [-0.3, -0.25) is 10.0 Å². The van der Waals surface area contributed by atoms with Crippen molar-refractivity contribution in [1.82, 2.24) is 15.2 Å². The predicted molar refractivity (Wildman–Crippen MR) is 116 cm³/mol. The van der Waals surface area contributed by atoms with Crippen molar-refractivity contribution >= 4 is 49.2 Å². The zero-order valence-electron chi connectivity index (χ0n) is 16.8. The lowest BCUT2D eigenvalue weighted by Crippen LogP contribution is -2.48. The molecular weight excluding hydrogens is 430 g/mol. The van der Waals surface area contributed by atoms with Crippen molar-refractivity contribution in [3.05, 3.63) is 17.1 Å². The molecular formula is C19H27N3O4S3. The van der Waals surface area contributed by atoms with Crippen LogP contribution < -0.4 is 10.2 Å². The van der Waals surface area contributed by atoms with E-state index in [0.29, 0.717) is 5.92 Å². The summed E-state index contributed by atoms with van der Waals surface area (Å²) in [6.07, 6.45) is 7.85. The van der Waals surface area contributed by atoms with Gasteiger partial charge in [-0.15, -0.1) is 23.1 Å². The van der Waals surface area contributed by atoms with E-state index in [1.165, 1.54) is 36.5 Å². The number of thiazole rings is 1. The zero-order chi connectivity index (χ0) is 21.2. The summed E-state index contributed by atoms with van der Waals surface area (Å²) in [6.45, 7) is 3.41. The van der Waals surface area contributed by atoms with Gasteiger partial charge in [0.2, 0.25) is 10.0 Å². The Hall–Kier alpha value is -1.20. The SMILES string of the molecule is CSc1cc(S(=O)(=O)N[C@@H](C(=O)NO)C(C)C)cc2sc(C3CCCCC3)nc12. The van der Waals surface area contributed by atoms with Crippen LogP contribution in [0.5, 0.6) is 0 Å². The normalized spacial score (nSPS) is 17.0. The van der Waals surface area contributed by atoms with Gasteiger partial charge < -0.3 is 0 Å². The van der Waals surface area contributed by atoms with E-state index in [4.69, 9.17) is 10.2 Å². The summed E-state index contributed by atoms with van der Waals surface area (Å²) < 4.78 is 29.2. The maximum atomic E-state index is 13.0. The number of amides is 1. The topological polar surface area (TPSA) is 108 Å². The average molecular weight is 458 g/mol. The van der Waals surface area contributed by atoms with Crippen LogP contribution in [0.4, 0.5) is 0 Å². The van der Waals surface area contributed by atoms with Crippen molar-refractivity contribution in [2.75, 3.05) is 6.26 Å². The van der Waals surface area contributed by atoms with Crippen LogP contribution in [0, 0.1) is 5.92 Å². The van der Waals surface area contributed by atoms with Gasteiger partial charge in [0, 0.05) is 10.8 Å². The first kappa shape index (κ1) is 22.5. The fourth-order valence-corrected chi connectivity index (χ4v) is 7.03. The quantitative estimate of drug-likeness (QED) is 0.331. The molecule has 0 bridgehead atoms. The molecule has 1 saturated carbocycles. The van der Waals surface area contributed by atoms with E-state index in [0.717, 1.165) is 33.0 Å². The number of fused-ring (bicyclic) bond motifs is 1. The first-order chi connectivity index (χ1) is 13.8. The van der Waals surface area contributed by atoms with Gasteiger partial charge in [-0.05, 0) is 37.1 Å². The van der Waals surface area contributed by atoms with Gasteiger partial charge in [0.1, 0.15) is 6.04 Å². The molecule has 0 unspecified atom stereocenters. The largest absolute Gasteiger partial charge is 0.289 e. The summed E-state index contributed by atoms with van der Waals surface area (Å²) in [5.41, 5.74) is 2.38. The summed E-state index contributed by atoms with van der Waals surface area (Å²) in [5.74, 6) is -0.665. The molecule has 1 heterocycles. The number of carbonyl (C=O) groups excluding carboxylic acids is 1. The van der Waals surface area contributed by atoms with Crippen LogP contribution in [-0.2, 0) is 14.8 Å². The standard InChI is InChI=1S/C19H27N3O4S3/c1-11(2)16(18(23)21-24)22-29(25,26)13-9-14(27-3)17-15(10-13)28-19(20-17)12-7-5-4-6-8-12/h9-12,16,22,24H,4-8H2,1-3H3,(H,21,23)/t16-/m1/s1. The summed E-state index contributed by atoms with van der Waals surface area (Å²) in [5, 5.41) is 10.0. The van der Waals surface area contributed by atoms with E-state index >= 15 is 0 Å². The number of thioether (sulfide) groups is 1. The molecule has 1 aromatic carbocycles. The minimum absolute atomic E-state index is 0.101. The molecule has 3 rings (SSSR count). The number of hydroxylamine groups is 1. The molecule has 0 spiro atoms. The molecule has 1 aromatic heterocycles.